The Bertz CT molecular complexity index is 527. The molecule has 1 aromatic carbocycles. The number of nitrogens with one attached hydrogen (secondary N) is 1. The van der Waals surface area contributed by atoms with E-state index in [1.54, 1.807) is 0 Å². The van der Waals surface area contributed by atoms with E-state index in [1.807, 2.05) is 31.2 Å². The van der Waals surface area contributed by atoms with Crippen LogP contribution in [0.15, 0.2) is 24.3 Å². The molecular weight excluding hydrogens is 266 g/mol. The van der Waals surface area contributed by atoms with Crippen molar-refractivity contribution in [2.45, 2.75) is 63.1 Å². The molecule has 0 spiro atoms. The van der Waals surface area contributed by atoms with E-state index < -0.39 is 11.5 Å². The lowest BCUT2D eigenvalue weighted by atomic mass is 9.80. The molecule has 0 saturated heterocycles. The first-order chi connectivity index (χ1) is 10.1. The fraction of sp³-hybridized carbons (Fsp3) is 0.588. The van der Waals surface area contributed by atoms with E-state index in [2.05, 4.69) is 5.32 Å². The lowest BCUT2D eigenvalue weighted by molar-refractivity contribution is -0.148. The van der Waals surface area contributed by atoms with E-state index in [-0.39, 0.29) is 6.10 Å². The summed E-state index contributed by atoms with van der Waals surface area (Å²) in [6, 6.07) is 8.34. The number of rotatable bonds is 5. The van der Waals surface area contributed by atoms with Gasteiger partial charge in [0.25, 0.3) is 0 Å². The highest BCUT2D eigenvalue weighted by Gasteiger charge is 2.46. The number of carbonyl (C=O) groups is 1. The van der Waals surface area contributed by atoms with Crippen LogP contribution in [0.1, 0.15) is 44.1 Å². The molecule has 2 fully saturated rings. The molecule has 0 aliphatic heterocycles. The summed E-state index contributed by atoms with van der Waals surface area (Å²) >= 11 is 0. The molecule has 0 heterocycles. The van der Waals surface area contributed by atoms with Crippen molar-refractivity contribution in [1.29, 1.82) is 0 Å². The molecule has 2 unspecified atom stereocenters. The van der Waals surface area contributed by atoms with Gasteiger partial charge in [0.1, 0.15) is 17.4 Å². The van der Waals surface area contributed by atoms with Gasteiger partial charge in [-0.05, 0) is 56.7 Å². The van der Waals surface area contributed by atoms with E-state index in [0.717, 1.165) is 37.0 Å². The summed E-state index contributed by atoms with van der Waals surface area (Å²) in [6.07, 6.45) is 5.23. The maximum atomic E-state index is 11.8. The van der Waals surface area contributed by atoms with Crippen LogP contribution in [0, 0.1) is 6.92 Å². The van der Waals surface area contributed by atoms with Crippen molar-refractivity contribution in [3.05, 3.63) is 29.8 Å². The predicted molar refractivity (Wildman–Crippen MR) is 80.6 cm³/mol. The fourth-order valence-corrected chi connectivity index (χ4v) is 3.21. The quantitative estimate of drug-likeness (QED) is 0.875. The number of aliphatic carboxylic acids is 1. The summed E-state index contributed by atoms with van der Waals surface area (Å²) < 4.78 is 6.04. The molecule has 2 aliphatic rings. The summed E-state index contributed by atoms with van der Waals surface area (Å²) in [5.74, 6) is 0.111. The zero-order chi connectivity index (χ0) is 14.9. The van der Waals surface area contributed by atoms with Crippen LogP contribution < -0.4 is 10.1 Å². The first-order valence-electron chi connectivity index (χ1n) is 7.82. The Hall–Kier alpha value is -1.55. The maximum Gasteiger partial charge on any atom is 0.324 e. The Morgan fingerprint density at radius 3 is 2.86 bits per heavy atom. The van der Waals surface area contributed by atoms with Crippen LogP contribution >= 0.6 is 0 Å². The Labute approximate surface area is 125 Å². The molecule has 2 N–H and O–H groups in total. The van der Waals surface area contributed by atoms with Gasteiger partial charge in [-0.15, -0.1) is 0 Å². The lowest BCUT2D eigenvalue weighted by Crippen LogP contribution is -2.57. The largest absolute Gasteiger partial charge is 0.490 e. The second-order valence-corrected chi connectivity index (χ2v) is 6.46. The highest BCUT2D eigenvalue weighted by Crippen LogP contribution is 2.35. The number of benzene rings is 1. The number of aryl methyl sites for hydroxylation is 1. The Morgan fingerprint density at radius 1 is 1.38 bits per heavy atom. The first-order valence-corrected chi connectivity index (χ1v) is 7.82. The summed E-state index contributed by atoms with van der Waals surface area (Å²) in [7, 11) is 0. The van der Waals surface area contributed by atoms with Gasteiger partial charge in [-0.2, -0.15) is 0 Å². The van der Waals surface area contributed by atoms with Gasteiger partial charge in [0.15, 0.2) is 0 Å². The van der Waals surface area contributed by atoms with Crippen LogP contribution in [0.3, 0.4) is 0 Å². The van der Waals surface area contributed by atoms with Gasteiger partial charge in [0.05, 0.1) is 0 Å². The standard InChI is InChI=1S/C17H23NO3/c1-12-4-2-5-14(10-12)21-15-6-3-9-17(11-15,16(19)20)18-13-7-8-13/h2,4-5,10,13,15,18H,3,6-9,11H2,1H3,(H,19,20). The van der Waals surface area contributed by atoms with Crippen LogP contribution in [0.2, 0.25) is 0 Å². The van der Waals surface area contributed by atoms with Crippen molar-refractivity contribution in [3.63, 3.8) is 0 Å². The van der Waals surface area contributed by atoms with Crippen LogP contribution in [0.5, 0.6) is 5.75 Å². The minimum absolute atomic E-state index is 0.0251. The average molecular weight is 289 g/mol. The van der Waals surface area contributed by atoms with E-state index >= 15 is 0 Å². The second kappa shape index (κ2) is 5.68. The van der Waals surface area contributed by atoms with Gasteiger partial charge in [0, 0.05) is 12.5 Å². The number of hydrogen-bond acceptors (Lipinski definition) is 3. The van der Waals surface area contributed by atoms with Crippen molar-refractivity contribution in [1.82, 2.24) is 5.32 Å². The third-order valence-electron chi connectivity index (χ3n) is 4.47. The molecule has 3 rings (SSSR count). The molecule has 4 heteroatoms. The van der Waals surface area contributed by atoms with Crippen molar-refractivity contribution < 1.29 is 14.6 Å². The Balaban J connectivity index is 1.70. The smallest absolute Gasteiger partial charge is 0.324 e. The highest BCUT2D eigenvalue weighted by atomic mass is 16.5. The normalized spacial score (nSPS) is 29.1. The zero-order valence-corrected chi connectivity index (χ0v) is 12.5. The summed E-state index contributed by atoms with van der Waals surface area (Å²) in [5, 5.41) is 13.0. The van der Waals surface area contributed by atoms with Gasteiger partial charge in [-0.1, -0.05) is 12.1 Å². The molecule has 114 valence electrons. The number of ether oxygens (including phenoxy) is 1. The summed E-state index contributed by atoms with van der Waals surface area (Å²) in [4.78, 5) is 11.8. The molecule has 0 bridgehead atoms. The molecule has 0 radical (unpaired) electrons. The molecule has 1 aromatic rings. The van der Waals surface area contributed by atoms with E-state index in [0.29, 0.717) is 18.9 Å². The average Bonchev–Trinajstić information content (AvgIpc) is 3.23. The number of hydrogen-bond donors (Lipinski definition) is 2. The van der Waals surface area contributed by atoms with Crippen LogP contribution in [-0.4, -0.2) is 28.8 Å². The SMILES string of the molecule is Cc1cccc(OC2CCCC(NC3CC3)(C(=O)O)C2)c1. The van der Waals surface area contributed by atoms with Crippen LogP contribution in [-0.2, 0) is 4.79 Å². The molecule has 2 aliphatic carbocycles. The van der Waals surface area contributed by atoms with Crippen molar-refractivity contribution >= 4 is 5.97 Å². The predicted octanol–water partition coefficient (Wildman–Crippen LogP) is 2.89. The third-order valence-corrected chi connectivity index (χ3v) is 4.47. The van der Waals surface area contributed by atoms with Gasteiger partial charge >= 0.3 is 5.97 Å². The van der Waals surface area contributed by atoms with Crippen LogP contribution in [0.4, 0.5) is 0 Å². The van der Waals surface area contributed by atoms with Gasteiger partial charge in [-0.3, -0.25) is 10.1 Å². The number of carboxylic acids is 1. The molecule has 21 heavy (non-hydrogen) atoms. The van der Waals surface area contributed by atoms with Gasteiger partial charge in [0.2, 0.25) is 0 Å². The van der Waals surface area contributed by atoms with E-state index in [9.17, 15) is 9.90 Å². The van der Waals surface area contributed by atoms with Crippen molar-refractivity contribution in [2.75, 3.05) is 0 Å². The zero-order valence-electron chi connectivity index (χ0n) is 12.5. The van der Waals surface area contributed by atoms with Crippen molar-refractivity contribution in [2.24, 2.45) is 0 Å². The molecule has 0 aromatic heterocycles. The number of carboxylic acid groups (broad SMARTS) is 1. The summed E-state index contributed by atoms with van der Waals surface area (Å²) in [6.45, 7) is 2.03. The Morgan fingerprint density at radius 2 is 2.19 bits per heavy atom. The molecule has 0 amide bonds. The second-order valence-electron chi connectivity index (χ2n) is 6.46. The van der Waals surface area contributed by atoms with Crippen LogP contribution in [0.25, 0.3) is 0 Å². The molecule has 4 nitrogen and oxygen atoms in total. The Kier molecular flexibility index (Phi) is 3.89. The van der Waals surface area contributed by atoms with Gasteiger partial charge < -0.3 is 9.84 Å². The first kappa shape index (κ1) is 14.4. The molecular formula is C17H23NO3. The van der Waals surface area contributed by atoms with E-state index in [4.69, 9.17) is 4.74 Å². The third kappa shape index (κ3) is 3.38. The van der Waals surface area contributed by atoms with Crippen molar-refractivity contribution in [3.8, 4) is 5.75 Å². The molecule has 2 atom stereocenters. The summed E-state index contributed by atoms with van der Waals surface area (Å²) in [5.41, 5.74) is 0.359. The lowest BCUT2D eigenvalue weighted by Gasteiger charge is -2.38. The molecule has 2 saturated carbocycles. The topological polar surface area (TPSA) is 58.6 Å². The minimum Gasteiger partial charge on any atom is -0.490 e. The fourth-order valence-electron chi connectivity index (χ4n) is 3.21. The minimum atomic E-state index is -0.798. The highest BCUT2D eigenvalue weighted by molar-refractivity contribution is 5.79. The maximum absolute atomic E-state index is 11.8. The van der Waals surface area contributed by atoms with E-state index in [1.165, 1.54) is 0 Å². The monoisotopic (exact) mass is 289 g/mol. The van der Waals surface area contributed by atoms with Gasteiger partial charge in [-0.25, -0.2) is 0 Å².